The summed E-state index contributed by atoms with van der Waals surface area (Å²) in [6, 6.07) is 8.05. The van der Waals surface area contributed by atoms with Crippen molar-refractivity contribution in [1.82, 2.24) is 34.6 Å². The molecule has 5 rings (SSSR count). The quantitative estimate of drug-likeness (QED) is 0.454. The first-order chi connectivity index (χ1) is 16.4. The number of fused-ring (bicyclic) bond motifs is 1. The zero-order valence-corrected chi connectivity index (χ0v) is 20.3. The third-order valence-electron chi connectivity index (χ3n) is 6.20. The van der Waals surface area contributed by atoms with E-state index in [-0.39, 0.29) is 6.04 Å². The molecule has 4 aromatic rings. The molecule has 4 heterocycles. The van der Waals surface area contributed by atoms with E-state index in [9.17, 15) is 0 Å². The van der Waals surface area contributed by atoms with E-state index in [4.69, 9.17) is 19.8 Å². The molecular formula is C25H30N8O. The Labute approximate surface area is 199 Å². The molecule has 3 aromatic heterocycles. The molecule has 0 fully saturated rings. The number of rotatable bonds is 6. The van der Waals surface area contributed by atoms with Gasteiger partial charge < -0.3 is 19.9 Å². The number of ether oxygens (including phenoxy) is 1. The third kappa shape index (κ3) is 4.14. The van der Waals surface area contributed by atoms with Crippen molar-refractivity contribution in [3.8, 4) is 11.4 Å². The summed E-state index contributed by atoms with van der Waals surface area (Å²) in [6.07, 6.45) is 4.62. The van der Waals surface area contributed by atoms with Crippen LogP contribution in [-0.2, 0) is 13.0 Å². The highest BCUT2D eigenvalue weighted by Crippen LogP contribution is 2.30. The summed E-state index contributed by atoms with van der Waals surface area (Å²) >= 11 is 0. The van der Waals surface area contributed by atoms with Crippen LogP contribution in [0.25, 0.3) is 5.69 Å². The maximum absolute atomic E-state index is 5.66. The number of hydrogen-bond donors (Lipinski definition) is 2. The van der Waals surface area contributed by atoms with Crippen LogP contribution >= 0.6 is 0 Å². The second-order valence-corrected chi connectivity index (χ2v) is 8.77. The normalized spacial score (nSPS) is 14.0. The summed E-state index contributed by atoms with van der Waals surface area (Å²) in [5.74, 6) is 1.32. The first-order valence-electron chi connectivity index (χ1n) is 11.5. The number of methoxy groups -OCH3 is 1. The molecule has 0 aliphatic carbocycles. The van der Waals surface area contributed by atoms with Crippen LogP contribution in [0.3, 0.4) is 0 Å². The lowest BCUT2D eigenvalue weighted by Gasteiger charge is -2.24. The van der Waals surface area contributed by atoms with Crippen molar-refractivity contribution in [3.05, 3.63) is 70.8 Å². The van der Waals surface area contributed by atoms with Crippen molar-refractivity contribution in [3.63, 3.8) is 0 Å². The van der Waals surface area contributed by atoms with Gasteiger partial charge in [0.1, 0.15) is 5.75 Å². The van der Waals surface area contributed by atoms with Gasteiger partial charge in [-0.15, -0.1) is 0 Å². The molecule has 0 radical (unpaired) electrons. The van der Waals surface area contributed by atoms with Crippen molar-refractivity contribution in [1.29, 1.82) is 0 Å². The van der Waals surface area contributed by atoms with Crippen LogP contribution in [0.1, 0.15) is 47.0 Å². The Morgan fingerprint density at radius 1 is 1.12 bits per heavy atom. The highest BCUT2D eigenvalue weighted by atomic mass is 16.5. The molecule has 9 heteroatoms. The lowest BCUT2D eigenvalue weighted by Crippen LogP contribution is -2.28. The monoisotopic (exact) mass is 458 g/mol. The molecule has 9 nitrogen and oxygen atoms in total. The van der Waals surface area contributed by atoms with Crippen LogP contribution in [0.15, 0.2) is 36.8 Å². The number of aromatic nitrogens is 6. The van der Waals surface area contributed by atoms with Gasteiger partial charge in [-0.25, -0.2) is 15.0 Å². The Hall–Kier alpha value is -3.72. The fraction of sp³-hybridized carbons (Fsp3) is 0.360. The molecule has 0 spiro atoms. The molecular weight excluding hydrogens is 428 g/mol. The van der Waals surface area contributed by atoms with Gasteiger partial charge in [-0.2, -0.15) is 5.10 Å². The molecule has 176 valence electrons. The minimum absolute atomic E-state index is 0.00714. The number of benzene rings is 1. The molecule has 0 saturated heterocycles. The van der Waals surface area contributed by atoms with Gasteiger partial charge >= 0.3 is 0 Å². The number of imidazole rings is 1. The average molecular weight is 459 g/mol. The van der Waals surface area contributed by atoms with Crippen molar-refractivity contribution in [2.24, 2.45) is 0 Å². The Bertz CT molecular complexity index is 1340. The molecule has 0 saturated carbocycles. The van der Waals surface area contributed by atoms with Crippen LogP contribution in [0.4, 0.5) is 11.6 Å². The predicted octanol–water partition coefficient (Wildman–Crippen LogP) is 3.79. The lowest BCUT2D eigenvalue weighted by molar-refractivity contribution is 0.413. The Morgan fingerprint density at radius 2 is 1.97 bits per heavy atom. The first kappa shape index (κ1) is 22.1. The van der Waals surface area contributed by atoms with E-state index >= 15 is 0 Å². The van der Waals surface area contributed by atoms with Gasteiger partial charge in [0.15, 0.2) is 0 Å². The fourth-order valence-corrected chi connectivity index (χ4v) is 4.58. The molecule has 34 heavy (non-hydrogen) atoms. The van der Waals surface area contributed by atoms with E-state index in [2.05, 4.69) is 35.5 Å². The standard InChI is InChI=1S/C25H30N8O/c1-15-10-17(3)33(31-15)18(4)24-20-12-26-9-8-21(20)29-25(30-24)28-19-6-7-22(23(11-19)34-5)32-13-16(2)27-14-32/h6-7,10-11,13-14,18,26H,8-9,12H2,1-5H3,(H,28,29,30). The van der Waals surface area contributed by atoms with Crippen LogP contribution in [-0.4, -0.2) is 43.0 Å². The van der Waals surface area contributed by atoms with Gasteiger partial charge in [0.05, 0.1) is 47.9 Å². The zero-order chi connectivity index (χ0) is 23.8. The minimum atomic E-state index is -0.00714. The largest absolute Gasteiger partial charge is 0.494 e. The van der Waals surface area contributed by atoms with Crippen molar-refractivity contribution < 1.29 is 4.74 Å². The van der Waals surface area contributed by atoms with Gasteiger partial charge in [-0.1, -0.05) is 0 Å². The molecule has 1 aromatic carbocycles. The van der Waals surface area contributed by atoms with Crippen LogP contribution in [0.5, 0.6) is 5.75 Å². The molecule has 2 N–H and O–H groups in total. The molecule has 1 aliphatic heterocycles. The minimum Gasteiger partial charge on any atom is -0.494 e. The highest BCUT2D eigenvalue weighted by molar-refractivity contribution is 5.62. The molecule has 1 atom stereocenters. The molecule has 1 aliphatic rings. The summed E-state index contributed by atoms with van der Waals surface area (Å²) < 4.78 is 9.66. The van der Waals surface area contributed by atoms with Crippen LogP contribution in [0, 0.1) is 20.8 Å². The lowest BCUT2D eigenvalue weighted by atomic mass is 10.0. The van der Waals surface area contributed by atoms with E-state index in [1.807, 2.05) is 47.5 Å². The Balaban J connectivity index is 1.51. The Kier molecular flexibility index (Phi) is 5.79. The van der Waals surface area contributed by atoms with Gasteiger partial charge in [-0.3, -0.25) is 4.68 Å². The van der Waals surface area contributed by atoms with Crippen molar-refractivity contribution >= 4 is 11.6 Å². The smallest absolute Gasteiger partial charge is 0.227 e. The van der Waals surface area contributed by atoms with E-state index in [0.717, 1.165) is 65.1 Å². The number of nitrogens with one attached hydrogen (secondary N) is 2. The second-order valence-electron chi connectivity index (χ2n) is 8.77. The fourth-order valence-electron chi connectivity index (χ4n) is 4.58. The third-order valence-corrected chi connectivity index (χ3v) is 6.20. The van der Waals surface area contributed by atoms with Gasteiger partial charge in [0.25, 0.3) is 0 Å². The van der Waals surface area contributed by atoms with E-state index in [0.29, 0.717) is 5.95 Å². The molecule has 1 unspecified atom stereocenters. The predicted molar refractivity (Wildman–Crippen MR) is 131 cm³/mol. The summed E-state index contributed by atoms with van der Waals surface area (Å²) in [6.45, 7) is 9.88. The van der Waals surface area contributed by atoms with E-state index < -0.39 is 0 Å². The summed E-state index contributed by atoms with van der Waals surface area (Å²) in [5.41, 5.74) is 8.09. The maximum atomic E-state index is 5.66. The first-order valence-corrected chi connectivity index (χ1v) is 11.5. The van der Waals surface area contributed by atoms with Crippen molar-refractivity contribution in [2.45, 2.75) is 46.7 Å². The summed E-state index contributed by atoms with van der Waals surface area (Å²) in [4.78, 5) is 14.2. The SMILES string of the molecule is COc1cc(Nc2nc3c(c(C(C)n4nc(C)cc4C)n2)CNCC3)ccc1-n1cnc(C)c1. The topological polar surface area (TPSA) is 94.7 Å². The number of nitrogens with zero attached hydrogens (tertiary/aromatic N) is 6. The van der Waals surface area contributed by atoms with Gasteiger partial charge in [0, 0.05) is 48.7 Å². The highest BCUT2D eigenvalue weighted by Gasteiger charge is 2.24. The van der Waals surface area contributed by atoms with E-state index in [1.54, 1.807) is 13.4 Å². The van der Waals surface area contributed by atoms with Crippen LogP contribution < -0.4 is 15.4 Å². The van der Waals surface area contributed by atoms with Crippen molar-refractivity contribution in [2.75, 3.05) is 19.0 Å². The zero-order valence-electron chi connectivity index (χ0n) is 20.3. The number of anilines is 2. The van der Waals surface area contributed by atoms with E-state index in [1.165, 1.54) is 5.56 Å². The Morgan fingerprint density at radius 3 is 2.68 bits per heavy atom. The van der Waals surface area contributed by atoms with Crippen LogP contribution in [0.2, 0.25) is 0 Å². The molecule has 0 bridgehead atoms. The second kappa shape index (κ2) is 8.90. The maximum Gasteiger partial charge on any atom is 0.227 e. The average Bonchev–Trinajstić information content (AvgIpc) is 3.42. The summed E-state index contributed by atoms with van der Waals surface area (Å²) in [7, 11) is 1.67. The molecule has 0 amide bonds. The van der Waals surface area contributed by atoms with Gasteiger partial charge in [0.2, 0.25) is 5.95 Å². The van der Waals surface area contributed by atoms with Gasteiger partial charge in [-0.05, 0) is 45.9 Å². The summed E-state index contributed by atoms with van der Waals surface area (Å²) in [5, 5.41) is 11.6. The number of hydrogen-bond acceptors (Lipinski definition) is 7. The number of aryl methyl sites for hydroxylation is 3.